The van der Waals surface area contributed by atoms with E-state index in [1.807, 2.05) is 0 Å². The molecule has 0 radical (unpaired) electrons. The molecule has 0 heterocycles. The fourth-order valence-corrected chi connectivity index (χ4v) is 2.78. The van der Waals surface area contributed by atoms with E-state index in [2.05, 4.69) is 77.6 Å². The van der Waals surface area contributed by atoms with Gasteiger partial charge in [0.05, 0.1) is 6.10 Å². The topological polar surface area (TPSA) is 23.5 Å². The summed E-state index contributed by atoms with van der Waals surface area (Å²) in [6, 6.07) is 8.40. The molecule has 0 fully saturated rings. The fraction of sp³-hybridized carbons (Fsp3) is 0.667. The van der Waals surface area contributed by atoms with Gasteiger partial charge in [-0.05, 0) is 43.5 Å². The number of rotatable bonds is 5. The largest absolute Gasteiger partial charge is 0.386 e. The first-order valence-corrected chi connectivity index (χ1v) is 7.68. The molecule has 0 bridgehead atoms. The Kier molecular flexibility index (Phi) is 5.39. The van der Waals surface area contributed by atoms with E-state index < -0.39 is 6.10 Å². The number of hydrogen-bond donors (Lipinski definition) is 1. The molecule has 20 heavy (non-hydrogen) atoms. The Balaban J connectivity index is 3.00. The lowest BCUT2D eigenvalue weighted by molar-refractivity contribution is -0.00627. The van der Waals surface area contributed by atoms with Crippen LogP contribution in [0.4, 0.5) is 0 Å². The molecule has 0 spiro atoms. The van der Waals surface area contributed by atoms with Crippen molar-refractivity contribution in [1.29, 1.82) is 0 Å². The molecule has 1 N–H and O–H groups in total. The summed E-state index contributed by atoms with van der Waals surface area (Å²) in [6.45, 7) is 17.0. The van der Waals surface area contributed by atoms with Gasteiger partial charge in [-0.1, -0.05) is 58.9 Å². The van der Waals surface area contributed by atoms with E-state index in [-0.39, 0.29) is 11.0 Å². The third kappa shape index (κ3) is 3.62. The maximum absolute atomic E-state index is 10.7. The molecule has 0 aromatic heterocycles. The highest BCUT2D eigenvalue weighted by molar-refractivity contribution is 5.30. The lowest BCUT2D eigenvalue weighted by Crippen LogP contribution is -2.48. The van der Waals surface area contributed by atoms with Gasteiger partial charge in [0, 0.05) is 5.54 Å². The molecular formula is C18H31NO. The minimum Gasteiger partial charge on any atom is -0.386 e. The lowest BCUT2D eigenvalue weighted by atomic mass is 9.84. The molecule has 114 valence electrons. The summed E-state index contributed by atoms with van der Waals surface area (Å²) in [5, 5.41) is 10.7. The molecule has 0 saturated carbocycles. The SMILES string of the molecule is CCN(CC)C(C)(C)C(O)c1ccc(C(C)(C)C)cc1. The molecule has 0 aliphatic carbocycles. The minimum atomic E-state index is -0.476. The van der Waals surface area contributed by atoms with Crippen LogP contribution in [-0.2, 0) is 5.41 Å². The highest BCUT2D eigenvalue weighted by Crippen LogP contribution is 2.32. The number of aliphatic hydroxyl groups is 1. The van der Waals surface area contributed by atoms with Crippen molar-refractivity contribution in [2.24, 2.45) is 0 Å². The molecule has 0 amide bonds. The Labute approximate surface area is 124 Å². The Morgan fingerprint density at radius 1 is 0.950 bits per heavy atom. The van der Waals surface area contributed by atoms with Crippen molar-refractivity contribution in [1.82, 2.24) is 4.90 Å². The summed E-state index contributed by atoms with van der Waals surface area (Å²) >= 11 is 0. The van der Waals surface area contributed by atoms with Crippen LogP contribution in [0.5, 0.6) is 0 Å². The van der Waals surface area contributed by atoms with E-state index in [1.165, 1.54) is 5.56 Å². The van der Waals surface area contributed by atoms with Gasteiger partial charge in [0.25, 0.3) is 0 Å². The summed E-state index contributed by atoms with van der Waals surface area (Å²) in [6.07, 6.45) is -0.476. The van der Waals surface area contributed by atoms with Crippen molar-refractivity contribution in [3.63, 3.8) is 0 Å². The Bertz CT molecular complexity index is 410. The van der Waals surface area contributed by atoms with E-state index in [0.29, 0.717) is 0 Å². The van der Waals surface area contributed by atoms with Crippen LogP contribution in [-0.4, -0.2) is 28.6 Å². The van der Waals surface area contributed by atoms with E-state index in [9.17, 15) is 5.11 Å². The van der Waals surface area contributed by atoms with Crippen molar-refractivity contribution >= 4 is 0 Å². The molecule has 1 rings (SSSR count). The van der Waals surface area contributed by atoms with Gasteiger partial charge in [0.2, 0.25) is 0 Å². The van der Waals surface area contributed by atoms with Crippen LogP contribution in [0.25, 0.3) is 0 Å². The van der Waals surface area contributed by atoms with Gasteiger partial charge in [0.1, 0.15) is 0 Å². The van der Waals surface area contributed by atoms with E-state index >= 15 is 0 Å². The Hall–Kier alpha value is -0.860. The average Bonchev–Trinajstić information content (AvgIpc) is 2.38. The highest BCUT2D eigenvalue weighted by Gasteiger charge is 2.33. The smallest absolute Gasteiger partial charge is 0.0968 e. The van der Waals surface area contributed by atoms with Crippen LogP contribution in [0.1, 0.15) is 65.7 Å². The predicted molar refractivity (Wildman–Crippen MR) is 87.1 cm³/mol. The van der Waals surface area contributed by atoms with Crippen LogP contribution in [0, 0.1) is 0 Å². The first-order valence-electron chi connectivity index (χ1n) is 7.68. The first-order chi connectivity index (χ1) is 9.14. The van der Waals surface area contributed by atoms with E-state index in [1.54, 1.807) is 0 Å². The zero-order valence-electron chi connectivity index (χ0n) is 14.2. The monoisotopic (exact) mass is 277 g/mol. The maximum Gasteiger partial charge on any atom is 0.0968 e. The van der Waals surface area contributed by atoms with Crippen molar-refractivity contribution in [3.05, 3.63) is 35.4 Å². The number of hydrogen-bond acceptors (Lipinski definition) is 2. The van der Waals surface area contributed by atoms with E-state index in [4.69, 9.17) is 0 Å². The van der Waals surface area contributed by atoms with Gasteiger partial charge in [0.15, 0.2) is 0 Å². The summed E-state index contributed by atoms with van der Waals surface area (Å²) in [4.78, 5) is 2.30. The van der Waals surface area contributed by atoms with Crippen LogP contribution in [0.3, 0.4) is 0 Å². The zero-order chi connectivity index (χ0) is 15.6. The minimum absolute atomic E-state index is 0.151. The van der Waals surface area contributed by atoms with Crippen LogP contribution in [0.2, 0.25) is 0 Å². The van der Waals surface area contributed by atoms with E-state index in [0.717, 1.165) is 18.7 Å². The van der Waals surface area contributed by atoms with Crippen molar-refractivity contribution in [2.45, 2.75) is 65.5 Å². The van der Waals surface area contributed by atoms with Gasteiger partial charge in [-0.25, -0.2) is 0 Å². The number of nitrogens with zero attached hydrogens (tertiary/aromatic N) is 1. The molecule has 1 unspecified atom stereocenters. The molecule has 0 aliphatic heterocycles. The van der Waals surface area contributed by atoms with Gasteiger partial charge in [-0.2, -0.15) is 0 Å². The summed E-state index contributed by atoms with van der Waals surface area (Å²) in [5.74, 6) is 0. The predicted octanol–water partition coefficient (Wildman–Crippen LogP) is 4.14. The second-order valence-electron chi connectivity index (χ2n) is 7.10. The van der Waals surface area contributed by atoms with Crippen LogP contribution < -0.4 is 0 Å². The summed E-state index contributed by atoms with van der Waals surface area (Å²) < 4.78 is 0. The molecule has 0 saturated heterocycles. The lowest BCUT2D eigenvalue weighted by Gasteiger charge is -2.41. The van der Waals surface area contributed by atoms with Crippen LogP contribution in [0.15, 0.2) is 24.3 Å². The van der Waals surface area contributed by atoms with Crippen molar-refractivity contribution < 1.29 is 5.11 Å². The molecule has 1 aromatic carbocycles. The van der Waals surface area contributed by atoms with Gasteiger partial charge in [-0.15, -0.1) is 0 Å². The molecule has 2 heteroatoms. The second kappa shape index (κ2) is 6.28. The third-order valence-corrected chi connectivity index (χ3v) is 4.34. The first kappa shape index (κ1) is 17.2. The second-order valence-corrected chi connectivity index (χ2v) is 7.10. The standard InChI is InChI=1S/C18H31NO/c1-8-19(9-2)18(6,7)16(20)14-10-12-15(13-11-14)17(3,4)5/h10-13,16,20H,8-9H2,1-7H3. The normalized spacial score (nSPS) is 14.7. The van der Waals surface area contributed by atoms with Gasteiger partial charge < -0.3 is 5.11 Å². The molecule has 0 aliphatic rings. The van der Waals surface area contributed by atoms with Gasteiger partial charge >= 0.3 is 0 Å². The summed E-state index contributed by atoms with van der Waals surface area (Å²) in [7, 11) is 0. The number of benzene rings is 1. The Morgan fingerprint density at radius 2 is 1.40 bits per heavy atom. The quantitative estimate of drug-likeness (QED) is 0.874. The number of aliphatic hydroxyl groups excluding tert-OH is 1. The third-order valence-electron chi connectivity index (χ3n) is 4.34. The highest BCUT2D eigenvalue weighted by atomic mass is 16.3. The maximum atomic E-state index is 10.7. The molecule has 1 atom stereocenters. The zero-order valence-corrected chi connectivity index (χ0v) is 14.2. The fourth-order valence-electron chi connectivity index (χ4n) is 2.78. The summed E-state index contributed by atoms with van der Waals surface area (Å²) in [5.41, 5.74) is 2.19. The van der Waals surface area contributed by atoms with Crippen molar-refractivity contribution in [2.75, 3.05) is 13.1 Å². The number of likely N-dealkylation sites (N-methyl/N-ethyl adjacent to an activating group) is 1. The van der Waals surface area contributed by atoms with Gasteiger partial charge in [-0.3, -0.25) is 4.90 Å². The molecular weight excluding hydrogens is 246 g/mol. The Morgan fingerprint density at radius 3 is 1.75 bits per heavy atom. The van der Waals surface area contributed by atoms with Crippen molar-refractivity contribution in [3.8, 4) is 0 Å². The average molecular weight is 277 g/mol. The molecule has 1 aromatic rings. The molecule has 2 nitrogen and oxygen atoms in total. The van der Waals surface area contributed by atoms with Crippen LogP contribution >= 0.6 is 0 Å².